The van der Waals surface area contributed by atoms with E-state index in [0.29, 0.717) is 0 Å². The monoisotopic (exact) mass is 198 g/mol. The quantitative estimate of drug-likeness (QED) is 0.359. The third kappa shape index (κ3) is 4.11. The Morgan fingerprint density at radius 2 is 2.23 bits per heavy atom. The number of hydrazine groups is 1. The third-order valence-corrected chi connectivity index (χ3v) is 1.15. The van der Waals surface area contributed by atoms with Crippen LogP contribution in [0.1, 0.15) is 6.92 Å². The van der Waals surface area contributed by atoms with Gasteiger partial charge in [-0.3, -0.25) is 10.2 Å². The molecule has 7 heteroatoms. The van der Waals surface area contributed by atoms with Gasteiger partial charge in [-0.05, 0) is 6.92 Å². The number of ether oxygens (including phenoxy) is 2. The molecule has 0 aliphatic carbocycles. The molecule has 0 aromatic carbocycles. The average Bonchev–Trinajstić information content (AvgIpc) is 2.02. The van der Waals surface area contributed by atoms with Crippen LogP contribution in [0.2, 0.25) is 0 Å². The summed E-state index contributed by atoms with van der Waals surface area (Å²) in [4.78, 5) is 10.4. The van der Waals surface area contributed by atoms with E-state index >= 15 is 0 Å². The number of nitrogens with two attached hydrogens (primary N) is 1. The third-order valence-electron chi connectivity index (χ3n) is 1.15. The molecule has 0 radical (unpaired) electrons. The van der Waals surface area contributed by atoms with Gasteiger partial charge in [-0.1, -0.05) is 0 Å². The minimum Gasteiger partial charge on any atom is -0.382 e. The maximum atomic E-state index is 12.6. The maximum absolute atomic E-state index is 12.6. The Labute approximate surface area is 74.1 Å². The number of nitrogens with one attached hydrogen (secondary N) is 1. The van der Waals surface area contributed by atoms with Gasteiger partial charge >= 0.3 is 12.0 Å². The van der Waals surface area contributed by atoms with E-state index in [9.17, 15) is 13.6 Å². The Balaban J connectivity index is 4.07. The van der Waals surface area contributed by atoms with Crippen molar-refractivity contribution < 1.29 is 23.0 Å². The van der Waals surface area contributed by atoms with Crippen molar-refractivity contribution in [3.05, 3.63) is 0 Å². The van der Waals surface area contributed by atoms with Crippen molar-refractivity contribution in [3.63, 3.8) is 0 Å². The Hall–Kier alpha value is -0.790. The van der Waals surface area contributed by atoms with Crippen LogP contribution in [0.15, 0.2) is 0 Å². The van der Waals surface area contributed by atoms with Gasteiger partial charge < -0.3 is 9.47 Å². The fourth-order valence-corrected chi connectivity index (χ4v) is 0.659. The van der Waals surface area contributed by atoms with Gasteiger partial charge in [0.1, 0.15) is 0 Å². The first-order chi connectivity index (χ1) is 5.94. The van der Waals surface area contributed by atoms with Crippen LogP contribution in [0.25, 0.3) is 0 Å². The number of alkyl halides is 2. The number of carbonyl (C=O) groups excluding carboxylic acids is 1. The van der Waals surface area contributed by atoms with Crippen molar-refractivity contribution in [2.75, 3.05) is 13.7 Å². The molecule has 0 bridgehead atoms. The lowest BCUT2D eigenvalue weighted by Gasteiger charge is -2.19. The molecule has 0 spiro atoms. The largest absolute Gasteiger partial charge is 0.438 e. The van der Waals surface area contributed by atoms with Gasteiger partial charge in [0.05, 0.1) is 12.7 Å². The van der Waals surface area contributed by atoms with Crippen LogP contribution in [-0.4, -0.2) is 31.8 Å². The normalized spacial score (nSPS) is 13.9. The van der Waals surface area contributed by atoms with Crippen molar-refractivity contribution in [1.82, 2.24) is 5.43 Å². The molecule has 13 heavy (non-hydrogen) atoms. The topological polar surface area (TPSA) is 73.6 Å². The van der Waals surface area contributed by atoms with Crippen molar-refractivity contribution in [3.8, 4) is 0 Å². The molecule has 5 nitrogen and oxygen atoms in total. The molecular weight excluding hydrogens is 186 g/mol. The first kappa shape index (κ1) is 12.2. The first-order valence-electron chi connectivity index (χ1n) is 3.49. The molecule has 0 aromatic heterocycles. The summed E-state index contributed by atoms with van der Waals surface area (Å²) in [6.07, 6.45) is -4.82. The highest BCUT2D eigenvalue weighted by Gasteiger charge is 2.41. The number of carbonyl (C=O) groups is 1. The molecule has 0 aliphatic heterocycles. The molecule has 0 saturated carbocycles. The molecule has 1 atom stereocenters. The summed E-state index contributed by atoms with van der Waals surface area (Å²) in [5.41, 5.74) is 1.30. The van der Waals surface area contributed by atoms with Gasteiger partial charge in [-0.2, -0.15) is 8.78 Å². The second-order valence-corrected chi connectivity index (χ2v) is 2.37. The second-order valence-electron chi connectivity index (χ2n) is 2.37. The summed E-state index contributed by atoms with van der Waals surface area (Å²) in [6.45, 7) is 1.31. The highest BCUT2D eigenvalue weighted by molar-refractivity contribution is 5.81. The summed E-state index contributed by atoms with van der Waals surface area (Å²) in [7, 11) is 1.33. The van der Waals surface area contributed by atoms with E-state index < -0.39 is 18.1 Å². The number of halogens is 2. The molecule has 0 aromatic rings. The smallest absolute Gasteiger partial charge is 0.382 e. The van der Waals surface area contributed by atoms with Gasteiger partial charge in [0.15, 0.2) is 0 Å². The van der Waals surface area contributed by atoms with Crippen LogP contribution in [0.4, 0.5) is 8.78 Å². The molecule has 0 fully saturated rings. The van der Waals surface area contributed by atoms with Crippen molar-refractivity contribution >= 4 is 5.91 Å². The number of methoxy groups -OCH3 is 1. The van der Waals surface area contributed by atoms with E-state index in [4.69, 9.17) is 0 Å². The van der Waals surface area contributed by atoms with E-state index in [-0.39, 0.29) is 6.61 Å². The van der Waals surface area contributed by atoms with Gasteiger partial charge in [-0.15, -0.1) is 0 Å². The lowest BCUT2D eigenvalue weighted by Crippen LogP contribution is -2.47. The van der Waals surface area contributed by atoms with Crippen LogP contribution in [0, 0.1) is 0 Å². The predicted molar refractivity (Wildman–Crippen MR) is 39.7 cm³/mol. The fourth-order valence-electron chi connectivity index (χ4n) is 0.659. The molecule has 78 valence electrons. The molecule has 0 rings (SSSR count). The highest BCUT2D eigenvalue weighted by atomic mass is 19.3. The summed E-state index contributed by atoms with van der Waals surface area (Å²) in [5, 5.41) is 0. The molecule has 3 N–H and O–H groups in total. The first-order valence-corrected chi connectivity index (χ1v) is 3.49. The lowest BCUT2D eigenvalue weighted by atomic mass is 10.4. The zero-order chi connectivity index (χ0) is 10.5. The molecule has 0 saturated heterocycles. The molecule has 0 heterocycles. The Kier molecular flexibility index (Phi) is 4.74. The van der Waals surface area contributed by atoms with Crippen molar-refractivity contribution in [2.45, 2.75) is 19.1 Å². The summed E-state index contributed by atoms with van der Waals surface area (Å²) >= 11 is 0. The van der Waals surface area contributed by atoms with E-state index in [0.717, 1.165) is 0 Å². The highest BCUT2D eigenvalue weighted by Crippen LogP contribution is 2.17. The molecule has 0 aliphatic rings. The average molecular weight is 198 g/mol. The summed E-state index contributed by atoms with van der Waals surface area (Å²) in [5.74, 6) is 2.83. The minimum atomic E-state index is -3.92. The summed E-state index contributed by atoms with van der Waals surface area (Å²) < 4.78 is 33.9. The number of rotatable bonds is 5. The molecule has 1 amide bonds. The van der Waals surface area contributed by atoms with Gasteiger partial charge in [0, 0.05) is 7.11 Å². The summed E-state index contributed by atoms with van der Waals surface area (Å²) in [6, 6.07) is 0. The molecule has 1 unspecified atom stereocenters. The SMILES string of the molecule is COCC(C)OC(F)(F)C(=O)NN. The Bertz CT molecular complexity index is 177. The zero-order valence-electron chi connectivity index (χ0n) is 7.34. The van der Waals surface area contributed by atoms with Gasteiger partial charge in [0.2, 0.25) is 0 Å². The van der Waals surface area contributed by atoms with Crippen LogP contribution < -0.4 is 11.3 Å². The van der Waals surface area contributed by atoms with Gasteiger partial charge in [0.25, 0.3) is 0 Å². The Morgan fingerprint density at radius 3 is 2.62 bits per heavy atom. The standard InChI is InChI=1S/C6H12F2N2O3/c1-4(3-12-2)13-6(7,8)5(11)10-9/h4H,3,9H2,1-2H3,(H,10,11). The van der Waals surface area contributed by atoms with Crippen molar-refractivity contribution in [2.24, 2.45) is 5.84 Å². The van der Waals surface area contributed by atoms with Crippen LogP contribution in [0.3, 0.4) is 0 Å². The second kappa shape index (κ2) is 5.05. The van der Waals surface area contributed by atoms with E-state index in [1.54, 1.807) is 0 Å². The van der Waals surface area contributed by atoms with E-state index in [1.165, 1.54) is 19.5 Å². The minimum absolute atomic E-state index is 0.0343. The van der Waals surface area contributed by atoms with Crippen LogP contribution in [0.5, 0.6) is 0 Å². The maximum Gasteiger partial charge on any atom is 0.438 e. The molecular formula is C6H12F2N2O3. The van der Waals surface area contributed by atoms with E-state index in [2.05, 4.69) is 15.3 Å². The zero-order valence-corrected chi connectivity index (χ0v) is 7.34. The van der Waals surface area contributed by atoms with Gasteiger partial charge in [-0.25, -0.2) is 5.84 Å². The fraction of sp³-hybridized carbons (Fsp3) is 0.833. The number of hydrogen-bond acceptors (Lipinski definition) is 4. The number of amides is 1. The van der Waals surface area contributed by atoms with Crippen LogP contribution >= 0.6 is 0 Å². The van der Waals surface area contributed by atoms with Crippen molar-refractivity contribution in [1.29, 1.82) is 0 Å². The Morgan fingerprint density at radius 1 is 1.69 bits per heavy atom. The van der Waals surface area contributed by atoms with Crippen LogP contribution in [-0.2, 0) is 14.3 Å². The lowest BCUT2D eigenvalue weighted by molar-refractivity contribution is -0.252. The number of hydrogen-bond donors (Lipinski definition) is 2. The predicted octanol–water partition coefficient (Wildman–Crippen LogP) is -0.379. The van der Waals surface area contributed by atoms with E-state index in [1.807, 2.05) is 0 Å².